The third-order valence-electron chi connectivity index (χ3n) is 1.82. The topological polar surface area (TPSA) is 33.0 Å². The van der Waals surface area contributed by atoms with E-state index in [0.29, 0.717) is 5.56 Å². The molecule has 0 aliphatic carbocycles. The van der Waals surface area contributed by atoms with Crippen LogP contribution in [-0.4, -0.2) is 6.61 Å². The molecule has 1 aliphatic rings. The van der Waals surface area contributed by atoms with E-state index in [1.165, 1.54) is 0 Å². The third kappa shape index (κ3) is 0.947. The van der Waals surface area contributed by atoms with Crippen LogP contribution < -0.4 is 4.74 Å². The SMILES string of the molecule is N#Cc1ccc2c(c1)CCO2. The predicted octanol–water partition coefficient (Wildman–Crippen LogP) is 1.49. The van der Waals surface area contributed by atoms with Crippen LogP contribution in [0.4, 0.5) is 0 Å². The fourth-order valence-corrected chi connectivity index (χ4v) is 1.26. The largest absolute Gasteiger partial charge is 0.493 e. The number of benzene rings is 1. The summed E-state index contributed by atoms with van der Waals surface area (Å²) in [6.07, 6.45) is 0.935. The van der Waals surface area contributed by atoms with Crippen LogP contribution in [0.15, 0.2) is 18.2 Å². The van der Waals surface area contributed by atoms with Crippen molar-refractivity contribution in [2.24, 2.45) is 0 Å². The zero-order chi connectivity index (χ0) is 7.68. The molecule has 0 aromatic heterocycles. The summed E-state index contributed by atoms with van der Waals surface area (Å²) in [5.74, 6) is 0.934. The van der Waals surface area contributed by atoms with Crippen molar-refractivity contribution in [2.45, 2.75) is 6.42 Å². The van der Waals surface area contributed by atoms with Gasteiger partial charge in [0.05, 0.1) is 18.2 Å². The second-order valence-electron chi connectivity index (χ2n) is 2.53. The van der Waals surface area contributed by atoms with E-state index >= 15 is 0 Å². The molecule has 1 aliphatic heterocycles. The standard InChI is InChI=1S/C9H7NO/c10-6-7-1-2-9-8(5-7)3-4-11-9/h1-2,5H,3-4H2. The minimum atomic E-state index is 0.717. The Bertz CT molecular complexity index is 325. The maximum Gasteiger partial charge on any atom is 0.122 e. The van der Waals surface area contributed by atoms with Gasteiger partial charge in [-0.3, -0.25) is 0 Å². The molecule has 0 unspecified atom stereocenters. The Kier molecular flexibility index (Phi) is 1.29. The van der Waals surface area contributed by atoms with E-state index in [4.69, 9.17) is 10.00 Å². The van der Waals surface area contributed by atoms with Crippen LogP contribution in [0.2, 0.25) is 0 Å². The van der Waals surface area contributed by atoms with Gasteiger partial charge in [-0.05, 0) is 23.8 Å². The van der Waals surface area contributed by atoms with Crippen LogP contribution >= 0.6 is 0 Å². The van der Waals surface area contributed by atoms with Crippen LogP contribution in [0.25, 0.3) is 0 Å². The Morgan fingerprint density at radius 3 is 3.18 bits per heavy atom. The highest BCUT2D eigenvalue weighted by atomic mass is 16.5. The lowest BCUT2D eigenvalue weighted by Crippen LogP contribution is -1.85. The zero-order valence-corrected chi connectivity index (χ0v) is 6.00. The van der Waals surface area contributed by atoms with E-state index in [9.17, 15) is 0 Å². The van der Waals surface area contributed by atoms with Gasteiger partial charge in [0.15, 0.2) is 0 Å². The van der Waals surface area contributed by atoms with E-state index in [1.807, 2.05) is 12.1 Å². The minimum absolute atomic E-state index is 0.717. The molecule has 0 fully saturated rings. The molecule has 0 N–H and O–H groups in total. The van der Waals surface area contributed by atoms with Crippen LogP contribution in [0.5, 0.6) is 5.75 Å². The number of hydrogen-bond donors (Lipinski definition) is 0. The van der Waals surface area contributed by atoms with Gasteiger partial charge in [-0.2, -0.15) is 5.26 Å². The smallest absolute Gasteiger partial charge is 0.122 e. The van der Waals surface area contributed by atoms with Crippen molar-refractivity contribution in [3.63, 3.8) is 0 Å². The van der Waals surface area contributed by atoms with Crippen molar-refractivity contribution in [3.8, 4) is 11.8 Å². The Morgan fingerprint density at radius 1 is 1.45 bits per heavy atom. The summed E-state index contributed by atoms with van der Waals surface area (Å²) in [4.78, 5) is 0. The van der Waals surface area contributed by atoms with Crippen LogP contribution in [0, 0.1) is 11.3 Å². The fourth-order valence-electron chi connectivity index (χ4n) is 1.26. The van der Waals surface area contributed by atoms with Crippen LogP contribution in [0.3, 0.4) is 0 Å². The van der Waals surface area contributed by atoms with Crippen LogP contribution in [0.1, 0.15) is 11.1 Å². The Labute approximate surface area is 65.0 Å². The van der Waals surface area contributed by atoms with Gasteiger partial charge in [-0.15, -0.1) is 0 Å². The molecule has 0 saturated heterocycles. The minimum Gasteiger partial charge on any atom is -0.493 e. The molecular weight excluding hydrogens is 138 g/mol. The van der Waals surface area contributed by atoms with Crippen molar-refractivity contribution in [3.05, 3.63) is 29.3 Å². The quantitative estimate of drug-likeness (QED) is 0.554. The van der Waals surface area contributed by atoms with Gasteiger partial charge in [0.2, 0.25) is 0 Å². The summed E-state index contributed by atoms with van der Waals surface area (Å²) in [6, 6.07) is 7.64. The third-order valence-corrected chi connectivity index (χ3v) is 1.82. The van der Waals surface area contributed by atoms with Crippen molar-refractivity contribution in [2.75, 3.05) is 6.61 Å². The molecule has 2 rings (SSSR count). The lowest BCUT2D eigenvalue weighted by Gasteiger charge is -1.96. The van der Waals surface area contributed by atoms with E-state index < -0.39 is 0 Å². The van der Waals surface area contributed by atoms with Crippen LogP contribution in [-0.2, 0) is 6.42 Å². The molecule has 0 amide bonds. The number of hydrogen-bond acceptors (Lipinski definition) is 2. The molecule has 54 valence electrons. The first kappa shape index (κ1) is 6.23. The highest BCUT2D eigenvalue weighted by Crippen LogP contribution is 2.25. The summed E-state index contributed by atoms with van der Waals surface area (Å²) in [6.45, 7) is 0.754. The molecular formula is C9H7NO. The number of rotatable bonds is 0. The lowest BCUT2D eigenvalue weighted by molar-refractivity contribution is 0.357. The Balaban J connectivity index is 2.51. The average Bonchev–Trinajstić information content (AvgIpc) is 2.50. The first-order valence-corrected chi connectivity index (χ1v) is 3.56. The average molecular weight is 145 g/mol. The molecule has 0 spiro atoms. The molecule has 0 radical (unpaired) electrons. The second kappa shape index (κ2) is 2.28. The second-order valence-corrected chi connectivity index (χ2v) is 2.53. The maximum absolute atomic E-state index is 8.58. The number of fused-ring (bicyclic) bond motifs is 1. The Morgan fingerprint density at radius 2 is 2.36 bits per heavy atom. The Hall–Kier alpha value is -1.49. The van der Waals surface area contributed by atoms with Gasteiger partial charge < -0.3 is 4.74 Å². The zero-order valence-electron chi connectivity index (χ0n) is 6.00. The molecule has 0 saturated carbocycles. The highest BCUT2D eigenvalue weighted by molar-refractivity contribution is 5.43. The van der Waals surface area contributed by atoms with Crippen molar-refractivity contribution < 1.29 is 4.74 Å². The van der Waals surface area contributed by atoms with Crippen molar-refractivity contribution in [1.29, 1.82) is 5.26 Å². The number of nitrogens with zero attached hydrogens (tertiary/aromatic N) is 1. The van der Waals surface area contributed by atoms with E-state index in [-0.39, 0.29) is 0 Å². The van der Waals surface area contributed by atoms with Gasteiger partial charge in [-0.25, -0.2) is 0 Å². The number of nitriles is 1. The normalized spacial score (nSPS) is 13.4. The van der Waals surface area contributed by atoms with Gasteiger partial charge in [0.1, 0.15) is 5.75 Å². The monoisotopic (exact) mass is 145 g/mol. The molecule has 0 atom stereocenters. The van der Waals surface area contributed by atoms with E-state index in [1.54, 1.807) is 6.07 Å². The van der Waals surface area contributed by atoms with Gasteiger partial charge in [-0.1, -0.05) is 0 Å². The summed E-state index contributed by atoms with van der Waals surface area (Å²) >= 11 is 0. The highest BCUT2D eigenvalue weighted by Gasteiger charge is 2.11. The van der Waals surface area contributed by atoms with E-state index in [2.05, 4.69) is 6.07 Å². The molecule has 1 aromatic rings. The molecule has 11 heavy (non-hydrogen) atoms. The van der Waals surface area contributed by atoms with Gasteiger partial charge in [0.25, 0.3) is 0 Å². The van der Waals surface area contributed by atoms with Crippen molar-refractivity contribution in [1.82, 2.24) is 0 Å². The van der Waals surface area contributed by atoms with Gasteiger partial charge in [0, 0.05) is 6.42 Å². The summed E-state index contributed by atoms with van der Waals surface area (Å²) in [5, 5.41) is 8.58. The summed E-state index contributed by atoms with van der Waals surface area (Å²) < 4.78 is 5.29. The first-order valence-electron chi connectivity index (χ1n) is 3.56. The molecule has 0 bridgehead atoms. The first-order chi connectivity index (χ1) is 5.40. The summed E-state index contributed by atoms with van der Waals surface area (Å²) in [5.41, 5.74) is 1.87. The maximum atomic E-state index is 8.58. The lowest BCUT2D eigenvalue weighted by atomic mass is 10.1. The van der Waals surface area contributed by atoms with Crippen molar-refractivity contribution >= 4 is 0 Å². The molecule has 2 nitrogen and oxygen atoms in total. The fraction of sp³-hybridized carbons (Fsp3) is 0.222. The summed E-state index contributed by atoms with van der Waals surface area (Å²) in [7, 11) is 0. The molecule has 1 aromatic carbocycles. The molecule has 2 heteroatoms. The molecule has 1 heterocycles. The van der Waals surface area contributed by atoms with E-state index in [0.717, 1.165) is 24.3 Å². The number of ether oxygens (including phenoxy) is 1. The van der Waals surface area contributed by atoms with Gasteiger partial charge >= 0.3 is 0 Å². The predicted molar refractivity (Wildman–Crippen MR) is 40.4 cm³/mol.